The van der Waals surface area contributed by atoms with E-state index in [0.717, 1.165) is 12.0 Å². The van der Waals surface area contributed by atoms with Crippen LogP contribution in [0.4, 0.5) is 4.39 Å². The first-order valence-corrected chi connectivity index (χ1v) is 7.33. The Kier molecular flexibility index (Phi) is 4.80. The van der Waals surface area contributed by atoms with Crippen LogP contribution in [0, 0.1) is 5.82 Å². The molecule has 0 radical (unpaired) electrons. The van der Waals surface area contributed by atoms with Crippen LogP contribution in [0.3, 0.4) is 0 Å². The molecular formula is C14H15ClFNOS. The molecule has 2 atom stereocenters. The third-order valence-electron chi connectivity index (χ3n) is 2.89. The van der Waals surface area contributed by atoms with Crippen molar-refractivity contribution in [2.45, 2.75) is 25.5 Å². The molecule has 102 valence electrons. The van der Waals surface area contributed by atoms with Crippen molar-refractivity contribution in [1.29, 1.82) is 0 Å². The van der Waals surface area contributed by atoms with Gasteiger partial charge in [-0.1, -0.05) is 18.5 Å². The van der Waals surface area contributed by atoms with Gasteiger partial charge in [0, 0.05) is 17.7 Å². The summed E-state index contributed by atoms with van der Waals surface area (Å²) in [4.78, 5) is 0. The van der Waals surface area contributed by atoms with E-state index in [-0.39, 0.29) is 17.2 Å². The number of benzene rings is 1. The third-order valence-corrected chi connectivity index (χ3v) is 3.88. The molecule has 0 fully saturated rings. The smallest absolute Gasteiger partial charge is 0.142 e. The Morgan fingerprint density at radius 3 is 2.79 bits per heavy atom. The molecule has 5 heteroatoms. The van der Waals surface area contributed by atoms with E-state index in [0.29, 0.717) is 5.75 Å². The highest BCUT2D eigenvalue weighted by molar-refractivity contribution is 7.07. The minimum atomic E-state index is -0.458. The maximum atomic E-state index is 13.1. The van der Waals surface area contributed by atoms with Gasteiger partial charge in [-0.2, -0.15) is 11.3 Å². The number of ether oxygens (including phenoxy) is 1. The minimum Gasteiger partial charge on any atom is -0.484 e. The Balaban J connectivity index is 2.23. The topological polar surface area (TPSA) is 35.2 Å². The lowest BCUT2D eigenvalue weighted by atomic mass is 10.0. The lowest BCUT2D eigenvalue weighted by Gasteiger charge is -2.23. The second kappa shape index (κ2) is 6.37. The Bertz CT molecular complexity index is 532. The van der Waals surface area contributed by atoms with Crippen LogP contribution in [-0.2, 0) is 0 Å². The first-order valence-electron chi connectivity index (χ1n) is 6.01. The van der Waals surface area contributed by atoms with Gasteiger partial charge in [-0.25, -0.2) is 4.39 Å². The highest BCUT2D eigenvalue weighted by Gasteiger charge is 2.21. The minimum absolute atomic E-state index is 0.0478. The average molecular weight is 300 g/mol. The zero-order valence-electron chi connectivity index (χ0n) is 10.5. The number of hydrogen-bond acceptors (Lipinski definition) is 3. The van der Waals surface area contributed by atoms with Crippen LogP contribution < -0.4 is 10.5 Å². The summed E-state index contributed by atoms with van der Waals surface area (Å²) in [6.45, 7) is 2.00. The van der Waals surface area contributed by atoms with Crippen molar-refractivity contribution < 1.29 is 9.13 Å². The van der Waals surface area contributed by atoms with Gasteiger partial charge >= 0.3 is 0 Å². The molecule has 2 unspecified atom stereocenters. The van der Waals surface area contributed by atoms with Crippen molar-refractivity contribution >= 4 is 22.9 Å². The second-order valence-corrected chi connectivity index (χ2v) is 5.43. The maximum Gasteiger partial charge on any atom is 0.142 e. The first-order chi connectivity index (χ1) is 9.11. The predicted octanol–water partition coefficient (Wildman–Crippen LogP) is 4.40. The summed E-state index contributed by atoms with van der Waals surface area (Å²) >= 11 is 7.34. The molecular weight excluding hydrogens is 285 g/mol. The van der Waals surface area contributed by atoms with Gasteiger partial charge in [-0.3, -0.25) is 0 Å². The number of hydrogen-bond donors (Lipinski definition) is 1. The summed E-state index contributed by atoms with van der Waals surface area (Å²) in [5, 5.41) is 4.03. The van der Waals surface area contributed by atoms with Gasteiger partial charge in [0.1, 0.15) is 17.7 Å². The van der Waals surface area contributed by atoms with E-state index < -0.39 is 5.82 Å². The largest absolute Gasteiger partial charge is 0.484 e. The monoisotopic (exact) mass is 299 g/mol. The van der Waals surface area contributed by atoms with Gasteiger partial charge in [0.25, 0.3) is 0 Å². The van der Waals surface area contributed by atoms with E-state index in [1.807, 2.05) is 23.8 Å². The van der Waals surface area contributed by atoms with E-state index in [2.05, 4.69) is 0 Å². The standard InChI is InChI=1S/C14H15ClFNOS/c1-2-13(17)14(9-5-6-19-8-9)18-10-3-4-12(16)11(15)7-10/h3-8,13-14H,2,17H2,1H3. The molecule has 2 N–H and O–H groups in total. The second-order valence-electron chi connectivity index (χ2n) is 4.24. The molecule has 0 aliphatic rings. The fraction of sp³-hybridized carbons (Fsp3) is 0.286. The van der Waals surface area contributed by atoms with E-state index in [1.54, 1.807) is 17.4 Å². The summed E-state index contributed by atoms with van der Waals surface area (Å²) in [6, 6.07) is 6.18. The quantitative estimate of drug-likeness (QED) is 0.888. The Hall–Kier alpha value is -1.10. The van der Waals surface area contributed by atoms with Crippen LogP contribution in [0.2, 0.25) is 5.02 Å². The lowest BCUT2D eigenvalue weighted by molar-refractivity contribution is 0.171. The van der Waals surface area contributed by atoms with Crippen molar-refractivity contribution in [3.63, 3.8) is 0 Å². The SMILES string of the molecule is CCC(N)C(Oc1ccc(F)c(Cl)c1)c1ccsc1. The van der Waals surface area contributed by atoms with Gasteiger partial charge < -0.3 is 10.5 Å². The van der Waals surface area contributed by atoms with Crippen molar-refractivity contribution in [1.82, 2.24) is 0 Å². The zero-order valence-corrected chi connectivity index (χ0v) is 12.0. The van der Waals surface area contributed by atoms with Gasteiger partial charge in [-0.05, 0) is 35.4 Å². The van der Waals surface area contributed by atoms with Gasteiger partial charge in [0.2, 0.25) is 0 Å². The van der Waals surface area contributed by atoms with Gasteiger partial charge in [0.15, 0.2) is 0 Å². The lowest BCUT2D eigenvalue weighted by Crippen LogP contribution is -2.31. The fourth-order valence-electron chi connectivity index (χ4n) is 1.75. The van der Waals surface area contributed by atoms with Crippen LogP contribution in [0.5, 0.6) is 5.75 Å². The predicted molar refractivity (Wildman–Crippen MR) is 77.4 cm³/mol. The molecule has 1 aromatic heterocycles. The number of thiophene rings is 1. The number of rotatable bonds is 5. The van der Waals surface area contributed by atoms with Crippen molar-refractivity contribution in [2.75, 3.05) is 0 Å². The van der Waals surface area contributed by atoms with E-state index in [1.165, 1.54) is 12.1 Å². The average Bonchev–Trinajstić information content (AvgIpc) is 2.93. The fourth-order valence-corrected chi connectivity index (χ4v) is 2.60. The molecule has 2 rings (SSSR count). The molecule has 1 heterocycles. The number of nitrogens with two attached hydrogens (primary N) is 1. The van der Waals surface area contributed by atoms with Crippen LogP contribution in [-0.4, -0.2) is 6.04 Å². The Labute approximate surface area is 121 Å². The van der Waals surface area contributed by atoms with Crippen LogP contribution in [0.1, 0.15) is 25.0 Å². The molecule has 0 aliphatic heterocycles. The number of halogens is 2. The molecule has 0 aliphatic carbocycles. The molecule has 0 saturated carbocycles. The van der Waals surface area contributed by atoms with Crippen LogP contribution >= 0.6 is 22.9 Å². The normalized spacial score (nSPS) is 14.1. The third kappa shape index (κ3) is 3.47. The highest BCUT2D eigenvalue weighted by atomic mass is 35.5. The summed E-state index contributed by atoms with van der Waals surface area (Å²) in [5.74, 6) is 0.0624. The first kappa shape index (κ1) is 14.3. The van der Waals surface area contributed by atoms with E-state index in [9.17, 15) is 4.39 Å². The zero-order chi connectivity index (χ0) is 13.8. The summed E-state index contributed by atoms with van der Waals surface area (Å²) in [5.41, 5.74) is 7.12. The van der Waals surface area contributed by atoms with Crippen molar-refractivity contribution in [2.24, 2.45) is 5.73 Å². The summed E-state index contributed by atoms with van der Waals surface area (Å²) in [7, 11) is 0. The molecule has 19 heavy (non-hydrogen) atoms. The van der Waals surface area contributed by atoms with E-state index in [4.69, 9.17) is 22.1 Å². The van der Waals surface area contributed by atoms with Gasteiger partial charge in [-0.15, -0.1) is 0 Å². The van der Waals surface area contributed by atoms with Crippen LogP contribution in [0.25, 0.3) is 0 Å². The van der Waals surface area contributed by atoms with Gasteiger partial charge in [0.05, 0.1) is 5.02 Å². The molecule has 1 aromatic carbocycles. The molecule has 2 aromatic rings. The van der Waals surface area contributed by atoms with Crippen molar-refractivity contribution in [3.05, 3.63) is 51.4 Å². The Morgan fingerprint density at radius 2 is 2.21 bits per heavy atom. The van der Waals surface area contributed by atoms with Crippen LogP contribution in [0.15, 0.2) is 35.0 Å². The Morgan fingerprint density at radius 1 is 1.42 bits per heavy atom. The molecule has 0 saturated heterocycles. The highest BCUT2D eigenvalue weighted by Crippen LogP contribution is 2.29. The molecule has 2 nitrogen and oxygen atoms in total. The molecule has 0 amide bonds. The summed E-state index contributed by atoms with van der Waals surface area (Å²) in [6.07, 6.45) is 0.535. The van der Waals surface area contributed by atoms with E-state index >= 15 is 0 Å². The molecule has 0 bridgehead atoms. The van der Waals surface area contributed by atoms with Crippen molar-refractivity contribution in [3.8, 4) is 5.75 Å². The summed E-state index contributed by atoms with van der Waals surface area (Å²) < 4.78 is 19.0. The molecule has 0 spiro atoms. The maximum absolute atomic E-state index is 13.1.